The summed E-state index contributed by atoms with van der Waals surface area (Å²) in [5, 5.41) is 3.44. The van der Waals surface area contributed by atoms with Crippen LogP contribution in [0.5, 0.6) is 0 Å². The fourth-order valence-electron chi connectivity index (χ4n) is 3.03. The van der Waals surface area contributed by atoms with Crippen LogP contribution in [0.4, 0.5) is 4.39 Å². The summed E-state index contributed by atoms with van der Waals surface area (Å²) in [5.74, 6) is 1.62. The predicted molar refractivity (Wildman–Crippen MR) is 81.5 cm³/mol. The van der Waals surface area contributed by atoms with Crippen LogP contribution in [-0.4, -0.2) is 6.54 Å². The summed E-state index contributed by atoms with van der Waals surface area (Å²) in [6, 6.07) is 4.85. The van der Waals surface area contributed by atoms with Crippen LogP contribution in [0.2, 0.25) is 0 Å². The number of hydrogen-bond donors (Lipinski definition) is 1. The maximum absolute atomic E-state index is 13.1. The van der Waals surface area contributed by atoms with Gasteiger partial charge in [-0.1, -0.05) is 42.1 Å². The third-order valence-corrected chi connectivity index (χ3v) is 4.87. The maximum Gasteiger partial charge on any atom is 0.123 e. The first-order valence-corrected chi connectivity index (χ1v) is 8.09. The minimum Gasteiger partial charge on any atom is -0.313 e. The Hall–Kier alpha value is -0.410. The number of nitrogens with one attached hydrogen (secondary N) is 1. The molecule has 0 aromatic heterocycles. The Morgan fingerprint density at radius 3 is 3.00 bits per heavy atom. The summed E-state index contributed by atoms with van der Waals surface area (Å²) in [5.41, 5.74) is 0.997. The number of hydrogen-bond acceptors (Lipinski definition) is 1. The fourth-order valence-corrected chi connectivity index (χ4v) is 3.42. The molecule has 0 amide bonds. The summed E-state index contributed by atoms with van der Waals surface area (Å²) in [4.78, 5) is 0. The molecule has 19 heavy (non-hydrogen) atoms. The zero-order valence-corrected chi connectivity index (χ0v) is 13.2. The molecule has 1 aliphatic carbocycles. The molecule has 1 aromatic carbocycles. The van der Waals surface area contributed by atoms with Crippen LogP contribution in [0.15, 0.2) is 22.7 Å². The fraction of sp³-hybridized carbons (Fsp3) is 0.625. The largest absolute Gasteiger partial charge is 0.313 e. The van der Waals surface area contributed by atoms with Gasteiger partial charge in [0.15, 0.2) is 0 Å². The Morgan fingerprint density at radius 2 is 2.21 bits per heavy atom. The van der Waals surface area contributed by atoms with Gasteiger partial charge < -0.3 is 5.32 Å². The van der Waals surface area contributed by atoms with Gasteiger partial charge in [-0.15, -0.1) is 0 Å². The highest BCUT2D eigenvalue weighted by molar-refractivity contribution is 9.10. The second-order valence-corrected chi connectivity index (χ2v) is 6.69. The van der Waals surface area contributed by atoms with E-state index in [4.69, 9.17) is 0 Å². The van der Waals surface area contributed by atoms with Crippen molar-refractivity contribution >= 4 is 15.9 Å². The lowest BCUT2D eigenvalue weighted by Crippen LogP contribution is -2.21. The molecular formula is C16H23BrFN. The van der Waals surface area contributed by atoms with Gasteiger partial charge in [-0.25, -0.2) is 4.39 Å². The lowest BCUT2D eigenvalue weighted by Gasteiger charge is -2.26. The van der Waals surface area contributed by atoms with E-state index in [9.17, 15) is 4.39 Å². The number of benzene rings is 1. The molecule has 1 nitrogen and oxygen atoms in total. The minimum atomic E-state index is -0.166. The zero-order valence-electron chi connectivity index (χ0n) is 11.6. The monoisotopic (exact) mass is 327 g/mol. The van der Waals surface area contributed by atoms with Crippen LogP contribution in [0.3, 0.4) is 0 Å². The van der Waals surface area contributed by atoms with E-state index in [0.717, 1.165) is 35.0 Å². The van der Waals surface area contributed by atoms with E-state index < -0.39 is 0 Å². The first-order valence-electron chi connectivity index (χ1n) is 7.30. The summed E-state index contributed by atoms with van der Waals surface area (Å²) < 4.78 is 14.1. The van der Waals surface area contributed by atoms with Crippen molar-refractivity contribution in [2.45, 2.75) is 45.6 Å². The van der Waals surface area contributed by atoms with Gasteiger partial charge in [0.2, 0.25) is 0 Å². The predicted octanol–water partition coefficient (Wildman–Crippen LogP) is 4.89. The van der Waals surface area contributed by atoms with Crippen LogP contribution in [0.25, 0.3) is 0 Å². The Kier molecular flexibility index (Phi) is 5.83. The molecule has 1 saturated carbocycles. The zero-order chi connectivity index (χ0) is 13.7. The van der Waals surface area contributed by atoms with Gasteiger partial charge in [0, 0.05) is 11.0 Å². The van der Waals surface area contributed by atoms with E-state index in [1.807, 2.05) is 0 Å². The van der Waals surface area contributed by atoms with E-state index in [0.29, 0.717) is 0 Å². The molecule has 0 heterocycles. The highest BCUT2D eigenvalue weighted by Gasteiger charge is 2.18. The molecule has 0 aliphatic heterocycles. The quantitative estimate of drug-likeness (QED) is 0.759. The van der Waals surface area contributed by atoms with Crippen LogP contribution >= 0.6 is 15.9 Å². The molecule has 1 N–H and O–H groups in total. The van der Waals surface area contributed by atoms with Gasteiger partial charge in [0.1, 0.15) is 5.82 Å². The van der Waals surface area contributed by atoms with Crippen molar-refractivity contribution in [3.05, 3.63) is 34.1 Å². The van der Waals surface area contributed by atoms with Gasteiger partial charge in [0.05, 0.1) is 0 Å². The van der Waals surface area contributed by atoms with Crippen LogP contribution < -0.4 is 5.32 Å². The lowest BCUT2D eigenvalue weighted by molar-refractivity contribution is 0.267. The second-order valence-electron chi connectivity index (χ2n) is 5.84. The summed E-state index contributed by atoms with van der Waals surface area (Å²) in [6.45, 7) is 4.13. The van der Waals surface area contributed by atoms with Gasteiger partial charge in [-0.3, -0.25) is 0 Å². The van der Waals surface area contributed by atoms with E-state index in [1.54, 1.807) is 12.1 Å². The first kappa shape index (κ1) is 15.0. The number of halogens is 2. The molecule has 1 aromatic rings. The van der Waals surface area contributed by atoms with Gasteiger partial charge in [0.25, 0.3) is 0 Å². The van der Waals surface area contributed by atoms with E-state index in [-0.39, 0.29) is 5.82 Å². The van der Waals surface area contributed by atoms with Crippen molar-refractivity contribution in [1.29, 1.82) is 0 Å². The lowest BCUT2D eigenvalue weighted by atomic mass is 9.81. The molecule has 0 radical (unpaired) electrons. The summed E-state index contributed by atoms with van der Waals surface area (Å²) in [7, 11) is 0. The van der Waals surface area contributed by atoms with Crippen molar-refractivity contribution < 1.29 is 4.39 Å². The Bertz CT molecular complexity index is 408. The molecule has 2 atom stereocenters. The number of rotatable bonds is 5. The van der Waals surface area contributed by atoms with Crippen molar-refractivity contribution in [2.75, 3.05) is 6.54 Å². The Labute approximate surface area is 124 Å². The molecule has 2 rings (SSSR count). The van der Waals surface area contributed by atoms with Crippen molar-refractivity contribution in [3.63, 3.8) is 0 Å². The van der Waals surface area contributed by atoms with E-state index in [2.05, 4.69) is 28.2 Å². The van der Waals surface area contributed by atoms with Crippen molar-refractivity contribution in [3.8, 4) is 0 Å². The van der Waals surface area contributed by atoms with Crippen LogP contribution in [0, 0.1) is 17.7 Å². The van der Waals surface area contributed by atoms with Gasteiger partial charge in [-0.2, -0.15) is 0 Å². The van der Waals surface area contributed by atoms with E-state index >= 15 is 0 Å². The molecule has 1 aliphatic rings. The third kappa shape index (κ3) is 4.88. The first-order chi connectivity index (χ1) is 9.15. The molecule has 2 unspecified atom stereocenters. The van der Waals surface area contributed by atoms with Crippen LogP contribution in [0.1, 0.15) is 44.6 Å². The van der Waals surface area contributed by atoms with Crippen molar-refractivity contribution in [1.82, 2.24) is 5.32 Å². The normalized spacial score (nSPS) is 23.5. The molecule has 0 bridgehead atoms. The minimum absolute atomic E-state index is 0.166. The Balaban J connectivity index is 1.70. The van der Waals surface area contributed by atoms with E-state index in [1.165, 1.54) is 38.2 Å². The third-order valence-electron chi connectivity index (χ3n) is 4.10. The maximum atomic E-state index is 13.1. The molecule has 3 heteroatoms. The average Bonchev–Trinajstić information content (AvgIpc) is 2.39. The summed E-state index contributed by atoms with van der Waals surface area (Å²) >= 11 is 3.46. The van der Waals surface area contributed by atoms with Gasteiger partial charge in [-0.05, 0) is 55.0 Å². The second kappa shape index (κ2) is 7.39. The average molecular weight is 328 g/mol. The molecule has 0 saturated heterocycles. The molecule has 1 fully saturated rings. The van der Waals surface area contributed by atoms with Gasteiger partial charge >= 0.3 is 0 Å². The molecular weight excluding hydrogens is 305 g/mol. The SMILES string of the molecule is CC1CCCC(CCNCc2cc(F)ccc2Br)C1. The van der Waals surface area contributed by atoms with Crippen LogP contribution in [-0.2, 0) is 6.54 Å². The summed E-state index contributed by atoms with van der Waals surface area (Å²) in [6.07, 6.45) is 6.81. The highest BCUT2D eigenvalue weighted by Crippen LogP contribution is 2.30. The Morgan fingerprint density at radius 1 is 1.37 bits per heavy atom. The topological polar surface area (TPSA) is 12.0 Å². The smallest absolute Gasteiger partial charge is 0.123 e. The standard InChI is InChI=1S/C16H23BrFN/c1-12-3-2-4-13(9-12)7-8-19-11-14-10-15(18)5-6-16(14)17/h5-6,10,12-13,19H,2-4,7-9,11H2,1H3. The molecule has 0 spiro atoms. The van der Waals surface area contributed by atoms with Crippen molar-refractivity contribution in [2.24, 2.45) is 11.8 Å². The highest BCUT2D eigenvalue weighted by atomic mass is 79.9. The molecule has 106 valence electrons.